The van der Waals surface area contributed by atoms with Crippen molar-refractivity contribution in [3.63, 3.8) is 0 Å². The van der Waals surface area contributed by atoms with Crippen LogP contribution < -0.4 is 4.74 Å². The van der Waals surface area contributed by atoms with E-state index in [0.29, 0.717) is 12.0 Å². The van der Waals surface area contributed by atoms with E-state index in [2.05, 4.69) is 0 Å². The standard InChI is InChI=1S/C19H23NO7S/c1-26-17-10-13(2-6-16(17)21)3-7-19(23)27-11-18(22)20(14-4-5-14)15-8-9-28(24,25)12-15/h2-3,6-7,10,14-15,21H,4-5,8-9,11-12H2,1H3/b7-3+/t15-/m0/s1. The average Bonchev–Trinajstić information content (AvgIpc) is 3.42. The first-order valence-corrected chi connectivity index (χ1v) is 10.8. The number of carbonyl (C=O) groups is 2. The predicted octanol–water partition coefficient (Wildman–Crippen LogP) is 1.14. The Balaban J connectivity index is 1.55. The van der Waals surface area contributed by atoms with E-state index in [0.717, 1.165) is 12.8 Å². The largest absolute Gasteiger partial charge is 0.504 e. The third kappa shape index (κ3) is 5.03. The van der Waals surface area contributed by atoms with Crippen LogP contribution in [0.3, 0.4) is 0 Å². The monoisotopic (exact) mass is 409 g/mol. The molecule has 8 nitrogen and oxygen atoms in total. The first-order chi connectivity index (χ1) is 13.3. The molecule has 1 amide bonds. The number of nitrogens with zero attached hydrogens (tertiary/aromatic N) is 1. The molecule has 0 radical (unpaired) electrons. The maximum atomic E-state index is 12.5. The molecule has 1 atom stereocenters. The Kier molecular flexibility index (Phi) is 5.93. The fourth-order valence-corrected chi connectivity index (χ4v) is 4.98. The first kappa shape index (κ1) is 20.2. The second kappa shape index (κ2) is 8.22. The van der Waals surface area contributed by atoms with Crippen LogP contribution in [-0.4, -0.2) is 67.6 Å². The molecular weight excluding hydrogens is 386 g/mol. The van der Waals surface area contributed by atoms with Gasteiger partial charge in [0.15, 0.2) is 27.9 Å². The molecule has 1 aliphatic heterocycles. The predicted molar refractivity (Wildman–Crippen MR) is 102 cm³/mol. The summed E-state index contributed by atoms with van der Waals surface area (Å²) in [5.74, 6) is -0.717. The van der Waals surface area contributed by atoms with Crippen LogP contribution in [-0.2, 0) is 24.2 Å². The molecule has 1 saturated carbocycles. The van der Waals surface area contributed by atoms with Crippen LogP contribution in [0.1, 0.15) is 24.8 Å². The summed E-state index contributed by atoms with van der Waals surface area (Å²) in [6.07, 6.45) is 4.79. The van der Waals surface area contributed by atoms with E-state index in [4.69, 9.17) is 9.47 Å². The SMILES string of the molecule is COc1cc(/C=C/C(=O)OCC(=O)N(C2CC2)[C@H]2CCS(=O)(=O)C2)ccc1O. The molecule has 1 aromatic carbocycles. The van der Waals surface area contributed by atoms with Crippen molar-refractivity contribution in [2.24, 2.45) is 0 Å². The van der Waals surface area contributed by atoms with Crippen LogP contribution in [0.2, 0.25) is 0 Å². The summed E-state index contributed by atoms with van der Waals surface area (Å²) in [5, 5.41) is 9.56. The Hall–Kier alpha value is -2.55. The Morgan fingerprint density at radius 1 is 1.25 bits per heavy atom. The van der Waals surface area contributed by atoms with E-state index in [1.54, 1.807) is 17.0 Å². The number of sulfone groups is 1. The lowest BCUT2D eigenvalue weighted by atomic mass is 10.2. The van der Waals surface area contributed by atoms with Gasteiger partial charge in [-0.15, -0.1) is 0 Å². The number of ether oxygens (including phenoxy) is 2. The van der Waals surface area contributed by atoms with E-state index in [1.165, 1.54) is 25.3 Å². The van der Waals surface area contributed by atoms with Crippen LogP contribution in [0.4, 0.5) is 0 Å². The Labute approximate surface area is 163 Å². The van der Waals surface area contributed by atoms with Gasteiger partial charge in [-0.3, -0.25) is 4.79 Å². The second-order valence-electron chi connectivity index (χ2n) is 6.96. The zero-order valence-corrected chi connectivity index (χ0v) is 16.4. The van der Waals surface area contributed by atoms with E-state index >= 15 is 0 Å². The minimum Gasteiger partial charge on any atom is -0.504 e. The smallest absolute Gasteiger partial charge is 0.331 e. The van der Waals surface area contributed by atoms with Gasteiger partial charge >= 0.3 is 5.97 Å². The summed E-state index contributed by atoms with van der Waals surface area (Å²) in [4.78, 5) is 26.0. The zero-order chi connectivity index (χ0) is 20.3. The van der Waals surface area contributed by atoms with Crippen molar-refractivity contribution < 1.29 is 32.6 Å². The highest BCUT2D eigenvalue weighted by atomic mass is 32.2. The Morgan fingerprint density at radius 2 is 2.00 bits per heavy atom. The summed E-state index contributed by atoms with van der Waals surface area (Å²) in [6.45, 7) is -0.422. The molecule has 3 rings (SSSR count). The number of carbonyl (C=O) groups excluding carboxylic acids is 2. The molecule has 0 spiro atoms. The topological polar surface area (TPSA) is 110 Å². The molecule has 1 saturated heterocycles. The number of hydrogen-bond acceptors (Lipinski definition) is 7. The van der Waals surface area contributed by atoms with Gasteiger partial charge in [-0.1, -0.05) is 6.07 Å². The maximum Gasteiger partial charge on any atom is 0.331 e. The maximum absolute atomic E-state index is 12.5. The van der Waals surface area contributed by atoms with Crippen molar-refractivity contribution in [3.05, 3.63) is 29.8 Å². The van der Waals surface area contributed by atoms with Gasteiger partial charge in [0.2, 0.25) is 0 Å². The molecular formula is C19H23NO7S. The van der Waals surface area contributed by atoms with Crippen molar-refractivity contribution >= 4 is 27.8 Å². The number of aromatic hydroxyl groups is 1. The molecule has 0 unspecified atom stereocenters. The summed E-state index contributed by atoms with van der Waals surface area (Å²) in [5.41, 5.74) is 0.619. The number of phenolic OH excluding ortho intramolecular Hbond substituents is 1. The number of phenols is 1. The van der Waals surface area contributed by atoms with Crippen molar-refractivity contribution in [1.82, 2.24) is 4.90 Å². The minimum atomic E-state index is -3.10. The highest BCUT2D eigenvalue weighted by Crippen LogP contribution is 2.32. The molecule has 0 aromatic heterocycles. The minimum absolute atomic E-state index is 0.0121. The van der Waals surface area contributed by atoms with E-state index in [1.807, 2.05) is 0 Å². The van der Waals surface area contributed by atoms with E-state index < -0.39 is 22.4 Å². The number of hydrogen-bond donors (Lipinski definition) is 1. The van der Waals surface area contributed by atoms with Crippen LogP contribution in [0.25, 0.3) is 6.08 Å². The number of benzene rings is 1. The summed E-state index contributed by atoms with van der Waals surface area (Å²) < 4.78 is 33.4. The normalized spacial score (nSPS) is 20.8. The molecule has 2 fully saturated rings. The summed E-state index contributed by atoms with van der Waals surface area (Å²) in [6, 6.07) is 4.31. The van der Waals surface area contributed by atoms with Crippen molar-refractivity contribution in [3.8, 4) is 11.5 Å². The highest BCUT2D eigenvalue weighted by molar-refractivity contribution is 7.91. The van der Waals surface area contributed by atoms with Crippen molar-refractivity contribution in [1.29, 1.82) is 0 Å². The quantitative estimate of drug-likeness (QED) is 0.531. The van der Waals surface area contributed by atoms with Crippen LogP contribution in [0.15, 0.2) is 24.3 Å². The third-order valence-corrected chi connectivity index (χ3v) is 6.53. The van der Waals surface area contributed by atoms with Gasteiger partial charge < -0.3 is 19.5 Å². The van der Waals surface area contributed by atoms with Crippen LogP contribution in [0, 0.1) is 0 Å². The van der Waals surface area contributed by atoms with E-state index in [-0.39, 0.29) is 41.0 Å². The Bertz CT molecular complexity index is 890. The zero-order valence-electron chi connectivity index (χ0n) is 15.5. The van der Waals surface area contributed by atoms with Gasteiger partial charge in [-0.25, -0.2) is 13.2 Å². The lowest BCUT2D eigenvalue weighted by Gasteiger charge is -2.28. The van der Waals surface area contributed by atoms with E-state index in [9.17, 15) is 23.1 Å². The van der Waals surface area contributed by atoms with Crippen molar-refractivity contribution in [2.75, 3.05) is 25.2 Å². The van der Waals surface area contributed by atoms with Crippen LogP contribution >= 0.6 is 0 Å². The van der Waals surface area contributed by atoms with Gasteiger partial charge in [0.05, 0.1) is 18.6 Å². The number of esters is 1. The Morgan fingerprint density at radius 3 is 2.61 bits per heavy atom. The second-order valence-corrected chi connectivity index (χ2v) is 9.19. The fourth-order valence-electron chi connectivity index (χ4n) is 3.27. The number of rotatable bonds is 7. The molecule has 1 heterocycles. The third-order valence-electron chi connectivity index (χ3n) is 4.78. The molecule has 152 valence electrons. The highest BCUT2D eigenvalue weighted by Gasteiger charge is 2.42. The molecule has 1 N–H and O–H groups in total. The van der Waals surface area contributed by atoms with Crippen molar-refractivity contribution in [2.45, 2.75) is 31.3 Å². The molecule has 9 heteroatoms. The number of methoxy groups -OCH3 is 1. The fraction of sp³-hybridized carbons (Fsp3) is 0.474. The van der Waals surface area contributed by atoms with Gasteiger partial charge in [-0.2, -0.15) is 0 Å². The van der Waals surface area contributed by atoms with Gasteiger partial charge in [-0.05, 0) is 43.0 Å². The van der Waals surface area contributed by atoms with Gasteiger partial charge in [0.25, 0.3) is 5.91 Å². The molecule has 28 heavy (non-hydrogen) atoms. The lowest BCUT2D eigenvalue weighted by molar-refractivity contribution is -0.149. The molecule has 1 aromatic rings. The van der Waals surface area contributed by atoms with Gasteiger partial charge in [0.1, 0.15) is 0 Å². The van der Waals surface area contributed by atoms with Crippen LogP contribution in [0.5, 0.6) is 11.5 Å². The average molecular weight is 409 g/mol. The molecule has 2 aliphatic rings. The molecule has 0 bridgehead atoms. The first-order valence-electron chi connectivity index (χ1n) is 9.02. The summed E-state index contributed by atoms with van der Waals surface area (Å²) >= 11 is 0. The number of amides is 1. The summed E-state index contributed by atoms with van der Waals surface area (Å²) in [7, 11) is -1.68. The van der Waals surface area contributed by atoms with Gasteiger partial charge in [0, 0.05) is 18.2 Å². The lowest BCUT2D eigenvalue weighted by Crippen LogP contribution is -2.44. The molecule has 1 aliphatic carbocycles.